The molecule has 0 aromatic carbocycles. The van der Waals surface area contributed by atoms with Gasteiger partial charge in [-0.1, -0.05) is 6.92 Å². The molecule has 0 unspecified atom stereocenters. The normalized spacial score (nSPS) is 10.2. The largest absolute Gasteiger partial charge is 0.467 e. The van der Waals surface area contributed by atoms with E-state index in [1.807, 2.05) is 6.92 Å². The average molecular weight is 288 g/mol. The van der Waals surface area contributed by atoms with Crippen molar-refractivity contribution in [3.8, 4) is 6.01 Å². The van der Waals surface area contributed by atoms with Crippen LogP contribution in [0.2, 0.25) is 5.28 Å². The second-order valence-electron chi connectivity index (χ2n) is 4.10. The van der Waals surface area contributed by atoms with Gasteiger partial charge >= 0.3 is 6.01 Å². The summed E-state index contributed by atoms with van der Waals surface area (Å²) in [5.41, 5.74) is 0. The lowest BCUT2D eigenvalue weighted by Crippen LogP contribution is -2.38. The summed E-state index contributed by atoms with van der Waals surface area (Å²) in [7, 11) is 4.85. The monoisotopic (exact) mass is 287 g/mol. The Kier molecular flexibility index (Phi) is 5.75. The van der Waals surface area contributed by atoms with Crippen LogP contribution in [-0.2, 0) is 4.79 Å². The second kappa shape index (κ2) is 7.08. The number of anilines is 1. The summed E-state index contributed by atoms with van der Waals surface area (Å²) < 4.78 is 4.95. The fourth-order valence-electron chi connectivity index (χ4n) is 1.38. The molecule has 1 amide bonds. The maximum Gasteiger partial charge on any atom is 0.322 e. The number of ether oxygens (including phenoxy) is 1. The highest BCUT2D eigenvalue weighted by Gasteiger charge is 2.17. The molecule has 8 heteroatoms. The molecule has 0 fully saturated rings. The van der Waals surface area contributed by atoms with Gasteiger partial charge < -0.3 is 14.5 Å². The highest BCUT2D eigenvalue weighted by atomic mass is 35.5. The van der Waals surface area contributed by atoms with Crippen LogP contribution in [0.1, 0.15) is 13.3 Å². The van der Waals surface area contributed by atoms with Gasteiger partial charge in [-0.15, -0.1) is 0 Å². The number of likely N-dealkylation sites (N-methyl/N-ethyl adjacent to an activating group) is 1. The minimum Gasteiger partial charge on any atom is -0.467 e. The summed E-state index contributed by atoms with van der Waals surface area (Å²) in [6.45, 7) is 2.83. The lowest BCUT2D eigenvalue weighted by Gasteiger charge is -2.23. The number of rotatable bonds is 6. The summed E-state index contributed by atoms with van der Waals surface area (Å²) in [5, 5.41) is 0.0419. The Morgan fingerprint density at radius 2 is 2.00 bits per heavy atom. The topological polar surface area (TPSA) is 71.5 Å². The molecule has 1 rings (SSSR count). The molecule has 0 N–H and O–H groups in total. The molecule has 0 aliphatic rings. The van der Waals surface area contributed by atoms with Crippen molar-refractivity contribution >= 4 is 23.5 Å². The van der Waals surface area contributed by atoms with Gasteiger partial charge in [-0.05, 0) is 18.0 Å². The van der Waals surface area contributed by atoms with E-state index in [0.29, 0.717) is 12.5 Å². The maximum absolute atomic E-state index is 11.8. The van der Waals surface area contributed by atoms with Gasteiger partial charge in [0, 0.05) is 20.6 Å². The van der Waals surface area contributed by atoms with E-state index in [2.05, 4.69) is 15.0 Å². The van der Waals surface area contributed by atoms with Gasteiger partial charge in [0.15, 0.2) is 0 Å². The quantitative estimate of drug-likeness (QED) is 0.772. The summed E-state index contributed by atoms with van der Waals surface area (Å²) in [4.78, 5) is 27.0. The number of amides is 1. The first kappa shape index (κ1) is 15.4. The van der Waals surface area contributed by atoms with Crippen LogP contribution in [0, 0.1) is 0 Å². The van der Waals surface area contributed by atoms with Crippen molar-refractivity contribution in [1.29, 1.82) is 0 Å². The third-order valence-electron chi connectivity index (χ3n) is 2.36. The number of aromatic nitrogens is 3. The zero-order valence-electron chi connectivity index (χ0n) is 11.6. The molecular weight excluding hydrogens is 270 g/mol. The number of methoxy groups -OCH3 is 1. The highest BCUT2D eigenvalue weighted by molar-refractivity contribution is 6.28. The van der Waals surface area contributed by atoms with Crippen molar-refractivity contribution in [2.45, 2.75) is 13.3 Å². The number of halogens is 1. The van der Waals surface area contributed by atoms with Gasteiger partial charge in [0.1, 0.15) is 0 Å². The van der Waals surface area contributed by atoms with E-state index in [1.54, 1.807) is 19.0 Å². The van der Waals surface area contributed by atoms with Crippen LogP contribution in [0.3, 0.4) is 0 Å². The van der Waals surface area contributed by atoms with Gasteiger partial charge in [-0.25, -0.2) is 0 Å². The van der Waals surface area contributed by atoms with E-state index < -0.39 is 0 Å². The van der Waals surface area contributed by atoms with Crippen LogP contribution < -0.4 is 9.64 Å². The molecule has 1 heterocycles. The van der Waals surface area contributed by atoms with E-state index in [9.17, 15) is 4.79 Å². The van der Waals surface area contributed by atoms with Crippen molar-refractivity contribution in [3.63, 3.8) is 0 Å². The number of hydrogen-bond donors (Lipinski definition) is 0. The molecule has 0 bridgehead atoms. The Hall–Kier alpha value is -1.63. The number of carbonyl (C=O) groups excluding carboxylic acids is 1. The Morgan fingerprint density at radius 3 is 2.53 bits per heavy atom. The highest BCUT2D eigenvalue weighted by Crippen LogP contribution is 2.15. The Morgan fingerprint density at radius 1 is 1.32 bits per heavy atom. The van der Waals surface area contributed by atoms with Gasteiger partial charge in [0.2, 0.25) is 17.1 Å². The fourth-order valence-corrected chi connectivity index (χ4v) is 1.53. The van der Waals surface area contributed by atoms with Crippen molar-refractivity contribution < 1.29 is 9.53 Å². The summed E-state index contributed by atoms with van der Waals surface area (Å²) in [6, 6.07) is 0.133. The first-order valence-electron chi connectivity index (χ1n) is 5.88. The summed E-state index contributed by atoms with van der Waals surface area (Å²) in [5.74, 6) is 0.304. The van der Waals surface area contributed by atoms with E-state index in [1.165, 1.54) is 12.0 Å². The molecule has 1 aromatic rings. The van der Waals surface area contributed by atoms with Crippen molar-refractivity contribution in [2.75, 3.05) is 39.2 Å². The van der Waals surface area contributed by atoms with Crippen LogP contribution in [-0.4, -0.2) is 60.1 Å². The molecule has 106 valence electrons. The fraction of sp³-hybridized carbons (Fsp3) is 0.636. The molecule has 0 spiro atoms. The van der Waals surface area contributed by atoms with Crippen LogP contribution in [0.25, 0.3) is 0 Å². The molecule has 0 radical (unpaired) electrons. The molecule has 0 aliphatic carbocycles. The lowest BCUT2D eigenvalue weighted by atomic mass is 10.4. The standard InChI is InChI=1S/C11H18ClN5O2/c1-5-6-17(7-8(18)16(2)3)10-13-9(12)14-11(15-10)19-4/h5-7H2,1-4H3. The third-order valence-corrected chi connectivity index (χ3v) is 2.53. The molecule has 7 nitrogen and oxygen atoms in total. The third kappa shape index (κ3) is 4.51. The van der Waals surface area contributed by atoms with Gasteiger partial charge in [0.25, 0.3) is 0 Å². The summed E-state index contributed by atoms with van der Waals surface area (Å²) in [6.07, 6.45) is 0.853. The Bertz CT molecular complexity index is 441. The van der Waals surface area contributed by atoms with Crippen molar-refractivity contribution in [2.24, 2.45) is 0 Å². The molecule has 0 atom stereocenters. The predicted molar refractivity (Wildman–Crippen MR) is 72.6 cm³/mol. The number of nitrogens with zero attached hydrogens (tertiary/aromatic N) is 5. The number of carbonyl (C=O) groups is 1. The predicted octanol–water partition coefficient (Wildman–Crippen LogP) is 0.838. The molecule has 0 saturated heterocycles. The average Bonchev–Trinajstić information content (AvgIpc) is 2.37. The van der Waals surface area contributed by atoms with Gasteiger partial charge in [0.05, 0.1) is 13.7 Å². The smallest absolute Gasteiger partial charge is 0.322 e. The maximum atomic E-state index is 11.8. The zero-order valence-corrected chi connectivity index (χ0v) is 12.3. The molecule has 0 saturated carbocycles. The SMILES string of the molecule is CCCN(CC(=O)N(C)C)c1nc(Cl)nc(OC)n1. The van der Waals surface area contributed by atoms with Gasteiger partial charge in [-0.2, -0.15) is 15.0 Å². The molecule has 1 aromatic heterocycles. The second-order valence-corrected chi connectivity index (χ2v) is 4.44. The minimum atomic E-state index is -0.0380. The van der Waals surface area contributed by atoms with Crippen LogP contribution in [0.15, 0.2) is 0 Å². The summed E-state index contributed by atoms with van der Waals surface area (Å²) >= 11 is 5.81. The van der Waals surface area contributed by atoms with E-state index >= 15 is 0 Å². The van der Waals surface area contributed by atoms with Crippen LogP contribution in [0.4, 0.5) is 5.95 Å². The Labute approximate surface area is 117 Å². The minimum absolute atomic E-state index is 0.0380. The van der Waals surface area contributed by atoms with Crippen LogP contribution in [0.5, 0.6) is 6.01 Å². The first-order valence-corrected chi connectivity index (χ1v) is 6.26. The zero-order chi connectivity index (χ0) is 14.4. The van der Waals surface area contributed by atoms with Crippen molar-refractivity contribution in [1.82, 2.24) is 19.9 Å². The molecular formula is C11H18ClN5O2. The van der Waals surface area contributed by atoms with Crippen LogP contribution >= 0.6 is 11.6 Å². The molecule has 19 heavy (non-hydrogen) atoms. The van der Waals surface area contributed by atoms with E-state index in [-0.39, 0.29) is 23.7 Å². The van der Waals surface area contributed by atoms with Crippen molar-refractivity contribution in [3.05, 3.63) is 5.28 Å². The Balaban J connectivity index is 2.97. The van der Waals surface area contributed by atoms with E-state index in [0.717, 1.165) is 6.42 Å². The van der Waals surface area contributed by atoms with Gasteiger partial charge in [-0.3, -0.25) is 4.79 Å². The van der Waals surface area contributed by atoms with E-state index in [4.69, 9.17) is 16.3 Å². The lowest BCUT2D eigenvalue weighted by molar-refractivity contribution is -0.127. The number of hydrogen-bond acceptors (Lipinski definition) is 6. The first-order chi connectivity index (χ1) is 8.97. The molecule has 0 aliphatic heterocycles.